The minimum Gasteiger partial charge on any atom is -0.364 e. The van der Waals surface area contributed by atoms with E-state index in [4.69, 9.17) is 0 Å². The summed E-state index contributed by atoms with van der Waals surface area (Å²) < 4.78 is 0. The van der Waals surface area contributed by atoms with Gasteiger partial charge in [0.2, 0.25) is 0 Å². The van der Waals surface area contributed by atoms with Crippen LogP contribution in [-0.2, 0) is 4.79 Å². The molecule has 0 spiro atoms. The van der Waals surface area contributed by atoms with Crippen molar-refractivity contribution in [1.29, 1.82) is 0 Å². The van der Waals surface area contributed by atoms with E-state index in [1.54, 1.807) is 0 Å². The number of carbonyl (C=O) groups is 1. The normalized spacial score (nSPS) is 23.2. The molecule has 1 saturated heterocycles. The Labute approximate surface area is 183 Å². The molecule has 2 aliphatic rings. The second kappa shape index (κ2) is 7.95. The van der Waals surface area contributed by atoms with Gasteiger partial charge >= 0.3 is 0 Å². The van der Waals surface area contributed by atoms with Gasteiger partial charge in [0.25, 0.3) is 5.91 Å². The Morgan fingerprint density at radius 2 is 1.93 bits per heavy atom. The Kier molecular flexibility index (Phi) is 5.49. The smallest absolute Gasteiger partial charge is 0.264 e. The zero-order chi connectivity index (χ0) is 21.5. The van der Waals surface area contributed by atoms with Gasteiger partial charge in [-0.05, 0) is 93.3 Å². The molecule has 0 aliphatic carbocycles. The molecule has 2 aliphatic heterocycles. The number of amidine groups is 1. The lowest BCUT2D eigenvalue weighted by molar-refractivity contribution is -0.115. The molecule has 1 N–H and O–H groups in total. The number of fused-ring (bicyclic) bond motifs is 1. The zero-order valence-electron chi connectivity index (χ0n) is 18.3. The molecular weight excluding hydrogens is 390 g/mol. The molecule has 2 aromatic rings. The van der Waals surface area contributed by atoms with Gasteiger partial charge in [-0.2, -0.15) is 0 Å². The predicted octanol–water partition coefficient (Wildman–Crippen LogP) is 6.08. The summed E-state index contributed by atoms with van der Waals surface area (Å²) in [6.07, 6.45) is 3.08. The Hall–Kier alpha value is -2.53. The highest BCUT2D eigenvalue weighted by molar-refractivity contribution is 8.18. The lowest BCUT2D eigenvalue weighted by Crippen LogP contribution is -2.51. The monoisotopic (exact) mass is 419 g/mol. The molecule has 1 unspecified atom stereocenters. The van der Waals surface area contributed by atoms with E-state index in [1.165, 1.54) is 23.0 Å². The lowest BCUT2D eigenvalue weighted by Gasteiger charge is -2.50. The van der Waals surface area contributed by atoms with Gasteiger partial charge in [-0.1, -0.05) is 31.2 Å². The standard InChI is InChI=1S/C25H29N3OS/c1-16(2)28-21-12-11-18(13-20(21)17(3)15-25(28,4)5)14-22-23(29)27-24(30-22)26-19-9-7-6-8-10-19/h6-14,16-17H,15H2,1-5H3,(H,26,27,29)/b22-14-. The largest absolute Gasteiger partial charge is 0.364 e. The van der Waals surface area contributed by atoms with Crippen LogP contribution in [0.2, 0.25) is 0 Å². The van der Waals surface area contributed by atoms with Crippen LogP contribution in [0.1, 0.15) is 58.1 Å². The molecule has 0 bridgehead atoms. The number of amides is 1. The summed E-state index contributed by atoms with van der Waals surface area (Å²) >= 11 is 1.39. The fraction of sp³-hybridized carbons (Fsp3) is 0.360. The maximum atomic E-state index is 12.5. The van der Waals surface area contributed by atoms with Gasteiger partial charge in [0.1, 0.15) is 0 Å². The molecule has 30 heavy (non-hydrogen) atoms. The van der Waals surface area contributed by atoms with Crippen molar-refractivity contribution in [2.75, 3.05) is 4.90 Å². The number of anilines is 1. The molecule has 0 radical (unpaired) electrons. The highest BCUT2D eigenvalue weighted by Crippen LogP contribution is 2.45. The summed E-state index contributed by atoms with van der Waals surface area (Å²) in [5.74, 6) is 0.383. The van der Waals surface area contributed by atoms with Crippen molar-refractivity contribution in [3.63, 3.8) is 0 Å². The average Bonchev–Trinajstić information content (AvgIpc) is 3.01. The number of hydrogen-bond donors (Lipinski definition) is 1. The van der Waals surface area contributed by atoms with E-state index in [1.807, 2.05) is 36.4 Å². The van der Waals surface area contributed by atoms with E-state index < -0.39 is 0 Å². The fourth-order valence-electron chi connectivity index (χ4n) is 4.79. The molecule has 0 aromatic heterocycles. The maximum absolute atomic E-state index is 12.5. The summed E-state index contributed by atoms with van der Waals surface area (Å²) in [4.78, 5) is 20.2. The topological polar surface area (TPSA) is 44.7 Å². The number of aliphatic imine (C=N–C) groups is 1. The number of rotatable bonds is 3. The number of nitrogens with one attached hydrogen (secondary N) is 1. The third-order valence-electron chi connectivity index (χ3n) is 5.75. The minimum atomic E-state index is -0.0922. The van der Waals surface area contributed by atoms with Crippen molar-refractivity contribution in [3.8, 4) is 0 Å². The van der Waals surface area contributed by atoms with Gasteiger partial charge in [0.15, 0.2) is 5.17 Å². The van der Waals surface area contributed by atoms with Crippen LogP contribution < -0.4 is 10.2 Å². The Morgan fingerprint density at radius 3 is 2.63 bits per heavy atom. The van der Waals surface area contributed by atoms with Gasteiger partial charge in [-0.3, -0.25) is 4.79 Å². The van der Waals surface area contributed by atoms with Crippen LogP contribution in [0.25, 0.3) is 6.08 Å². The number of carbonyl (C=O) groups excluding carboxylic acids is 1. The molecule has 1 amide bonds. The SMILES string of the molecule is CC1CC(C)(C)N(C(C)C)c2ccc(/C=C3\SC(=Nc4ccccc4)NC3=O)cc21. The number of benzene rings is 2. The van der Waals surface area contributed by atoms with Crippen LogP contribution in [0.3, 0.4) is 0 Å². The second-order valence-electron chi connectivity index (χ2n) is 9.02. The number of nitrogens with zero attached hydrogens (tertiary/aromatic N) is 2. The summed E-state index contributed by atoms with van der Waals surface area (Å²) in [5.41, 5.74) is 4.69. The first kappa shape index (κ1) is 20.7. The predicted molar refractivity (Wildman–Crippen MR) is 128 cm³/mol. The van der Waals surface area contributed by atoms with Crippen LogP contribution in [0.4, 0.5) is 11.4 Å². The van der Waals surface area contributed by atoms with Gasteiger partial charge < -0.3 is 10.2 Å². The van der Waals surface area contributed by atoms with Crippen LogP contribution in [0.15, 0.2) is 58.4 Å². The van der Waals surface area contributed by atoms with Crippen molar-refractivity contribution in [1.82, 2.24) is 5.32 Å². The summed E-state index contributed by atoms with van der Waals surface area (Å²) in [6, 6.07) is 16.7. The second-order valence-corrected chi connectivity index (χ2v) is 10.0. The molecule has 1 atom stereocenters. The van der Waals surface area contributed by atoms with E-state index in [2.05, 4.69) is 68.0 Å². The zero-order valence-corrected chi connectivity index (χ0v) is 19.1. The van der Waals surface area contributed by atoms with E-state index in [0.29, 0.717) is 22.0 Å². The highest BCUT2D eigenvalue weighted by atomic mass is 32.2. The molecule has 5 heteroatoms. The van der Waals surface area contributed by atoms with Crippen LogP contribution >= 0.6 is 11.8 Å². The fourth-order valence-corrected chi connectivity index (χ4v) is 5.63. The van der Waals surface area contributed by atoms with E-state index in [0.717, 1.165) is 17.7 Å². The van der Waals surface area contributed by atoms with Gasteiger partial charge in [-0.25, -0.2) is 4.99 Å². The maximum Gasteiger partial charge on any atom is 0.264 e. The number of para-hydroxylation sites is 1. The summed E-state index contributed by atoms with van der Waals surface area (Å²) in [7, 11) is 0. The van der Waals surface area contributed by atoms with Crippen molar-refractivity contribution in [2.45, 2.75) is 58.5 Å². The average molecular weight is 420 g/mol. The Bertz CT molecular complexity index is 1020. The molecule has 156 valence electrons. The van der Waals surface area contributed by atoms with E-state index >= 15 is 0 Å². The molecule has 0 saturated carbocycles. The van der Waals surface area contributed by atoms with E-state index in [-0.39, 0.29) is 11.4 Å². The first-order valence-corrected chi connectivity index (χ1v) is 11.3. The molecule has 1 fully saturated rings. The quantitative estimate of drug-likeness (QED) is 0.613. The highest BCUT2D eigenvalue weighted by Gasteiger charge is 2.37. The molecule has 2 aromatic carbocycles. The van der Waals surface area contributed by atoms with Crippen molar-refractivity contribution < 1.29 is 4.79 Å². The molecule has 2 heterocycles. The third kappa shape index (κ3) is 4.04. The lowest BCUT2D eigenvalue weighted by atomic mass is 9.79. The molecular formula is C25H29N3OS. The first-order valence-electron chi connectivity index (χ1n) is 10.5. The van der Waals surface area contributed by atoms with Crippen LogP contribution in [0, 0.1) is 0 Å². The van der Waals surface area contributed by atoms with Crippen molar-refractivity contribution in [2.24, 2.45) is 4.99 Å². The summed E-state index contributed by atoms with van der Waals surface area (Å²) in [6.45, 7) is 11.5. The minimum absolute atomic E-state index is 0.0922. The van der Waals surface area contributed by atoms with Crippen LogP contribution in [0.5, 0.6) is 0 Å². The molecule has 4 rings (SSSR count). The van der Waals surface area contributed by atoms with Crippen molar-refractivity contribution in [3.05, 3.63) is 64.6 Å². The van der Waals surface area contributed by atoms with Crippen molar-refractivity contribution >= 4 is 40.3 Å². The van der Waals surface area contributed by atoms with E-state index in [9.17, 15) is 4.79 Å². The number of hydrogen-bond acceptors (Lipinski definition) is 4. The number of thioether (sulfide) groups is 1. The van der Waals surface area contributed by atoms with Gasteiger partial charge in [0.05, 0.1) is 10.6 Å². The first-order chi connectivity index (χ1) is 14.2. The molecule has 4 nitrogen and oxygen atoms in total. The third-order valence-corrected chi connectivity index (χ3v) is 6.66. The van der Waals surface area contributed by atoms with Crippen LogP contribution in [-0.4, -0.2) is 22.7 Å². The summed E-state index contributed by atoms with van der Waals surface area (Å²) in [5, 5.41) is 3.50. The Balaban J connectivity index is 1.63. The Morgan fingerprint density at radius 1 is 1.20 bits per heavy atom. The van der Waals surface area contributed by atoms with Gasteiger partial charge in [-0.15, -0.1) is 0 Å². The van der Waals surface area contributed by atoms with Gasteiger partial charge in [0, 0.05) is 17.3 Å².